The number of halogens is 1. The lowest BCUT2D eigenvalue weighted by molar-refractivity contribution is -2.00. The van der Waals surface area contributed by atoms with Gasteiger partial charge in [-0.1, -0.05) is 83.6 Å². The first-order chi connectivity index (χ1) is 12.4. The van der Waals surface area contributed by atoms with Gasteiger partial charge in [-0.2, -0.15) is 0 Å². The molecule has 0 saturated heterocycles. The number of rotatable bonds is 14. The highest BCUT2D eigenvalue weighted by Crippen LogP contribution is 2.12. The summed E-state index contributed by atoms with van der Waals surface area (Å²) in [5.74, 6) is 0. The van der Waals surface area contributed by atoms with Gasteiger partial charge in [-0.3, -0.25) is 0 Å². The Bertz CT molecular complexity index is 393. The lowest BCUT2D eigenvalue weighted by atomic mass is 10.0. The zero-order valence-electron chi connectivity index (χ0n) is 16.2. The molecule has 6 heteroatoms. The van der Waals surface area contributed by atoms with Crippen LogP contribution in [0.4, 0.5) is 0 Å². The first-order valence-electron chi connectivity index (χ1n) is 9.99. The molecule has 0 saturated carbocycles. The summed E-state index contributed by atoms with van der Waals surface area (Å²) in [6, 6.07) is 6.31. The number of hydrogen-bond donors (Lipinski definition) is 0. The fourth-order valence-corrected chi connectivity index (χ4v) is 2.90. The van der Waals surface area contributed by atoms with E-state index in [1.54, 1.807) is 0 Å². The molecule has 0 aromatic carbocycles. The molecule has 0 aliphatic rings. The Morgan fingerprint density at radius 3 is 1.31 bits per heavy atom. The van der Waals surface area contributed by atoms with Crippen molar-refractivity contribution in [3.63, 3.8) is 0 Å². The zero-order valence-corrected chi connectivity index (χ0v) is 17.0. The van der Waals surface area contributed by atoms with E-state index in [0.29, 0.717) is 0 Å². The number of nitrogens with zero attached hydrogens (tertiary/aromatic N) is 1. The molecular formula is C20H36ClNO4. The van der Waals surface area contributed by atoms with Crippen molar-refractivity contribution in [3.8, 4) is 0 Å². The van der Waals surface area contributed by atoms with Crippen LogP contribution in [0.5, 0.6) is 0 Å². The van der Waals surface area contributed by atoms with Crippen molar-refractivity contribution < 1.29 is 33.4 Å². The predicted octanol–water partition coefficient (Wildman–Crippen LogP) is 1.31. The Balaban J connectivity index is 0.00000110. The second kappa shape index (κ2) is 17.7. The third-order valence-electron chi connectivity index (χ3n) is 4.30. The van der Waals surface area contributed by atoms with E-state index in [0.717, 1.165) is 0 Å². The van der Waals surface area contributed by atoms with E-state index in [1.807, 2.05) is 0 Å². The minimum Gasteiger partial charge on any atom is -0.222 e. The van der Waals surface area contributed by atoms with Crippen LogP contribution >= 0.6 is 0 Å². The number of unbranched alkanes of at least 4 members (excludes halogenated alkanes) is 12. The third-order valence-corrected chi connectivity index (χ3v) is 4.30. The minimum atomic E-state index is -4.94. The summed E-state index contributed by atoms with van der Waals surface area (Å²) in [6.45, 7) is 3.47. The second-order valence-corrected chi connectivity index (χ2v) is 7.49. The highest BCUT2D eigenvalue weighted by Gasteiger charge is 1.98. The Morgan fingerprint density at radius 2 is 0.923 bits per heavy atom. The van der Waals surface area contributed by atoms with Crippen LogP contribution < -0.4 is 23.2 Å². The maximum Gasteiger partial charge on any atom is 0.168 e. The second-order valence-electron chi connectivity index (χ2n) is 6.73. The average molecular weight is 390 g/mol. The molecule has 0 bridgehead atoms. The Morgan fingerprint density at radius 1 is 0.577 bits per heavy atom. The smallest absolute Gasteiger partial charge is 0.168 e. The molecule has 5 nitrogen and oxygen atoms in total. The maximum absolute atomic E-state index is 8.49. The van der Waals surface area contributed by atoms with Gasteiger partial charge in [-0.15, -0.1) is 10.2 Å². The lowest BCUT2D eigenvalue weighted by Gasteiger charge is -2.17. The summed E-state index contributed by atoms with van der Waals surface area (Å²) >= 11 is 0. The molecule has 0 aliphatic heterocycles. The monoisotopic (exact) mass is 389 g/mol. The number of aryl methyl sites for hydroxylation is 1. The predicted molar refractivity (Wildman–Crippen MR) is 92.3 cm³/mol. The van der Waals surface area contributed by atoms with Crippen LogP contribution in [-0.4, -0.2) is 0 Å². The van der Waals surface area contributed by atoms with E-state index < -0.39 is 10.2 Å². The molecule has 1 aromatic rings. The molecule has 1 aromatic heterocycles. The van der Waals surface area contributed by atoms with Crippen molar-refractivity contribution in [1.82, 2.24) is 0 Å². The molecular weight excluding hydrogens is 354 g/mol. The van der Waals surface area contributed by atoms with Gasteiger partial charge in [0.15, 0.2) is 12.4 Å². The Labute approximate surface area is 161 Å². The van der Waals surface area contributed by atoms with Gasteiger partial charge < -0.3 is 0 Å². The van der Waals surface area contributed by atoms with Crippen molar-refractivity contribution in [2.45, 2.75) is 96.9 Å². The third kappa shape index (κ3) is 23.3. The fourth-order valence-electron chi connectivity index (χ4n) is 2.90. The van der Waals surface area contributed by atoms with Gasteiger partial charge in [0, 0.05) is 18.6 Å². The fraction of sp³-hybridized carbons (Fsp3) is 0.750. The van der Waals surface area contributed by atoms with Gasteiger partial charge in [0.1, 0.15) is 6.54 Å². The van der Waals surface area contributed by atoms with E-state index in [9.17, 15) is 0 Å². The van der Waals surface area contributed by atoms with Gasteiger partial charge in [0.25, 0.3) is 0 Å². The zero-order chi connectivity index (χ0) is 19.5. The summed E-state index contributed by atoms with van der Waals surface area (Å²) in [5.41, 5.74) is 0. The van der Waals surface area contributed by atoms with E-state index >= 15 is 0 Å². The van der Waals surface area contributed by atoms with Crippen molar-refractivity contribution in [3.05, 3.63) is 30.6 Å². The van der Waals surface area contributed by atoms with Gasteiger partial charge in [-0.25, -0.2) is 23.2 Å². The molecule has 0 amide bonds. The summed E-state index contributed by atoms with van der Waals surface area (Å²) in [6.07, 6.45) is 22.9. The summed E-state index contributed by atoms with van der Waals surface area (Å²) in [7, 11) is -4.94. The number of aromatic nitrogens is 1. The molecule has 152 valence electrons. The number of hydrogen-bond acceptors (Lipinski definition) is 4. The largest absolute Gasteiger partial charge is 0.222 e. The van der Waals surface area contributed by atoms with E-state index in [2.05, 4.69) is 42.1 Å². The molecule has 0 atom stereocenters. The molecule has 0 spiro atoms. The van der Waals surface area contributed by atoms with Crippen molar-refractivity contribution in [2.75, 3.05) is 0 Å². The molecule has 0 N–H and O–H groups in total. The average Bonchev–Trinajstić information content (AvgIpc) is 2.58. The van der Waals surface area contributed by atoms with Gasteiger partial charge >= 0.3 is 0 Å². The van der Waals surface area contributed by atoms with E-state index in [1.165, 1.54) is 90.0 Å². The first kappa shape index (κ1) is 25.3. The normalized spacial score (nSPS) is 11.1. The molecule has 0 unspecified atom stereocenters. The lowest BCUT2D eigenvalue weighted by Crippen LogP contribution is -2.68. The van der Waals surface area contributed by atoms with Gasteiger partial charge in [0.05, 0.1) is 0 Å². The van der Waals surface area contributed by atoms with Crippen LogP contribution in [0, 0.1) is 10.2 Å². The Hall–Kier alpha value is -0.720. The summed E-state index contributed by atoms with van der Waals surface area (Å²) in [5, 5.41) is 0. The topological polar surface area (TPSA) is 96.1 Å². The van der Waals surface area contributed by atoms with Gasteiger partial charge in [-0.05, 0) is 6.42 Å². The quantitative estimate of drug-likeness (QED) is 0.354. The van der Waals surface area contributed by atoms with Crippen LogP contribution in [0.2, 0.25) is 0 Å². The van der Waals surface area contributed by atoms with E-state index in [-0.39, 0.29) is 0 Å². The molecule has 1 rings (SSSR count). The van der Waals surface area contributed by atoms with Crippen molar-refractivity contribution >= 4 is 0 Å². The SMILES string of the molecule is CCCCCCCCCCCCCCC[n+]1ccccc1.[O-][Cl+3]([O-])([O-])[O-]. The van der Waals surface area contributed by atoms with Crippen LogP contribution in [0.1, 0.15) is 90.4 Å². The highest BCUT2D eigenvalue weighted by atomic mass is 35.7. The van der Waals surface area contributed by atoms with Crippen molar-refractivity contribution in [1.29, 1.82) is 0 Å². The summed E-state index contributed by atoms with van der Waals surface area (Å²) in [4.78, 5) is 0. The molecule has 1 heterocycles. The summed E-state index contributed by atoms with van der Waals surface area (Å²) < 4.78 is 36.3. The van der Waals surface area contributed by atoms with Crippen molar-refractivity contribution in [2.24, 2.45) is 0 Å². The van der Waals surface area contributed by atoms with Crippen LogP contribution in [0.15, 0.2) is 30.6 Å². The van der Waals surface area contributed by atoms with Crippen LogP contribution in [-0.2, 0) is 6.54 Å². The van der Waals surface area contributed by atoms with Crippen LogP contribution in [0.25, 0.3) is 0 Å². The molecule has 0 radical (unpaired) electrons. The van der Waals surface area contributed by atoms with E-state index in [4.69, 9.17) is 18.6 Å². The Kier molecular flexibility index (Phi) is 17.2. The molecule has 0 fully saturated rings. The maximum atomic E-state index is 8.49. The van der Waals surface area contributed by atoms with Gasteiger partial charge in [0.2, 0.25) is 0 Å². The standard InChI is InChI=1S/C20H36N.ClHO4/c1-2-3-4-5-6-7-8-9-10-11-12-13-15-18-21-19-16-14-17-20-21;2-1(3,4)5/h14,16-17,19-20H,2-13,15,18H2,1H3;(H,2,3,4,5)/q+1;/p-1. The minimum absolute atomic E-state index is 1.18. The highest BCUT2D eigenvalue weighted by molar-refractivity contribution is 4.83. The molecule has 0 aliphatic carbocycles. The van der Waals surface area contributed by atoms with Crippen LogP contribution in [0.3, 0.4) is 0 Å². The number of pyridine rings is 1. The molecule has 26 heavy (non-hydrogen) atoms. The first-order valence-corrected chi connectivity index (χ1v) is 11.2.